The lowest BCUT2D eigenvalue weighted by molar-refractivity contribution is -0.241. The van der Waals surface area contributed by atoms with E-state index in [0.29, 0.717) is 5.92 Å². The third-order valence-electron chi connectivity index (χ3n) is 18.1. The van der Waals surface area contributed by atoms with Gasteiger partial charge >= 0.3 is 0 Å². The Morgan fingerprint density at radius 3 is 0.684 bits per heavy atom. The molecular weight excluding hydrogens is 456 g/mol. The maximum absolute atomic E-state index is 2.60. The molecule has 0 bridgehead atoms. The number of rotatable bonds is 12. The minimum atomic E-state index is 0.0476. The molecule has 0 spiro atoms. The molecule has 0 aliphatic rings. The first kappa shape index (κ1) is 38.0. The van der Waals surface area contributed by atoms with E-state index in [1.165, 1.54) is 6.42 Å². The summed E-state index contributed by atoms with van der Waals surface area (Å²) in [6, 6.07) is 0. The zero-order chi connectivity index (χ0) is 31.8. The van der Waals surface area contributed by atoms with Crippen LogP contribution in [0.1, 0.15) is 180 Å². The van der Waals surface area contributed by atoms with E-state index >= 15 is 0 Å². The van der Waals surface area contributed by atoms with Crippen LogP contribution in [-0.4, -0.2) is 0 Å². The second kappa shape index (κ2) is 9.79. The van der Waals surface area contributed by atoms with Crippen LogP contribution >= 0.6 is 0 Å². The molecule has 230 valence electrons. The minimum absolute atomic E-state index is 0.0476. The third kappa shape index (κ3) is 4.50. The third-order valence-corrected chi connectivity index (χ3v) is 18.1. The standard InChI is InChI=1S/C38H78/c1-26-28(4,5)30(8,9)32(12,13)34(16,17)36(20,21)38(24,25)37(22,23)35(18,19)33(14,15)31(10,11)29(6,7)27(2)3/h27H,26H2,1-25H3. The zero-order valence-corrected chi connectivity index (χ0v) is 31.8. The van der Waals surface area contributed by atoms with E-state index in [9.17, 15) is 0 Å². The Labute approximate surface area is 244 Å². The van der Waals surface area contributed by atoms with Gasteiger partial charge in [0.05, 0.1) is 0 Å². The molecule has 0 nitrogen and oxygen atoms in total. The molecule has 0 N–H and O–H groups in total. The molecule has 0 aliphatic heterocycles. The van der Waals surface area contributed by atoms with Crippen molar-refractivity contribution in [2.45, 2.75) is 180 Å². The van der Waals surface area contributed by atoms with Gasteiger partial charge in [0.2, 0.25) is 0 Å². The molecule has 0 aromatic carbocycles. The first-order valence-electron chi connectivity index (χ1n) is 16.0. The van der Waals surface area contributed by atoms with Gasteiger partial charge in [-0.25, -0.2) is 0 Å². The van der Waals surface area contributed by atoms with E-state index in [0.717, 1.165) is 0 Å². The predicted molar refractivity (Wildman–Crippen MR) is 177 cm³/mol. The Balaban J connectivity index is 7.25. The monoisotopic (exact) mass is 535 g/mol. The maximum atomic E-state index is 2.60. The largest absolute Gasteiger partial charge is 0.0649 e. The molecule has 0 saturated carbocycles. The zero-order valence-electron chi connectivity index (χ0n) is 31.8. The van der Waals surface area contributed by atoms with Crippen molar-refractivity contribution in [3.05, 3.63) is 0 Å². The minimum Gasteiger partial charge on any atom is -0.0649 e. The van der Waals surface area contributed by atoms with Crippen LogP contribution in [0.15, 0.2) is 0 Å². The van der Waals surface area contributed by atoms with Crippen LogP contribution in [0.2, 0.25) is 0 Å². The molecule has 0 aliphatic carbocycles. The van der Waals surface area contributed by atoms with Gasteiger partial charge < -0.3 is 0 Å². The van der Waals surface area contributed by atoms with Gasteiger partial charge in [-0.05, 0) is 65.5 Å². The Morgan fingerprint density at radius 2 is 0.500 bits per heavy atom. The van der Waals surface area contributed by atoms with Crippen molar-refractivity contribution in [3.63, 3.8) is 0 Å². The molecule has 0 heteroatoms. The van der Waals surface area contributed by atoms with Crippen LogP contribution in [0, 0.1) is 65.5 Å². The number of hydrogen-bond acceptors (Lipinski definition) is 0. The van der Waals surface area contributed by atoms with Crippen molar-refractivity contribution in [3.8, 4) is 0 Å². The van der Waals surface area contributed by atoms with E-state index < -0.39 is 0 Å². The van der Waals surface area contributed by atoms with Gasteiger partial charge in [-0.1, -0.05) is 180 Å². The van der Waals surface area contributed by atoms with Gasteiger partial charge in [-0.2, -0.15) is 0 Å². The van der Waals surface area contributed by atoms with Crippen LogP contribution in [0.3, 0.4) is 0 Å². The molecule has 0 aromatic rings. The Hall–Kier alpha value is 0. The second-order valence-electron chi connectivity index (χ2n) is 19.7. The molecule has 0 amide bonds. The fourth-order valence-electron chi connectivity index (χ4n) is 8.28. The van der Waals surface area contributed by atoms with Gasteiger partial charge in [0, 0.05) is 0 Å². The van der Waals surface area contributed by atoms with E-state index in [4.69, 9.17) is 0 Å². The Bertz CT molecular complexity index is 812. The lowest BCUT2D eigenvalue weighted by atomic mass is 9.32. The smallest absolute Gasteiger partial charge is 0.0241 e. The van der Waals surface area contributed by atoms with Crippen molar-refractivity contribution in [1.82, 2.24) is 0 Å². The van der Waals surface area contributed by atoms with Crippen molar-refractivity contribution < 1.29 is 0 Å². The fourth-order valence-corrected chi connectivity index (χ4v) is 8.28. The van der Waals surface area contributed by atoms with Crippen LogP contribution in [0.4, 0.5) is 0 Å². The van der Waals surface area contributed by atoms with E-state index in [-0.39, 0.29) is 59.6 Å². The molecule has 0 fully saturated rings. The highest BCUT2D eigenvalue weighted by molar-refractivity contribution is 5.16. The van der Waals surface area contributed by atoms with Gasteiger partial charge in [0.1, 0.15) is 0 Å². The highest BCUT2D eigenvalue weighted by Crippen LogP contribution is 2.75. The van der Waals surface area contributed by atoms with Gasteiger partial charge in [-0.3, -0.25) is 0 Å². The molecule has 0 aromatic heterocycles. The summed E-state index contributed by atoms with van der Waals surface area (Å²) >= 11 is 0. The molecule has 0 atom stereocenters. The fraction of sp³-hybridized carbons (Fsp3) is 1.00. The lowest BCUT2D eigenvalue weighted by Crippen LogP contribution is -2.66. The van der Waals surface area contributed by atoms with Crippen LogP contribution in [0.5, 0.6) is 0 Å². The summed E-state index contributed by atoms with van der Waals surface area (Å²) in [4.78, 5) is 0. The topological polar surface area (TPSA) is 0 Å². The average molecular weight is 535 g/mol. The van der Waals surface area contributed by atoms with E-state index in [1.807, 2.05) is 0 Å². The molecule has 0 rings (SSSR count). The molecule has 38 heavy (non-hydrogen) atoms. The van der Waals surface area contributed by atoms with Crippen molar-refractivity contribution in [2.24, 2.45) is 65.5 Å². The summed E-state index contributed by atoms with van der Waals surface area (Å²) in [6.45, 7) is 63.5. The van der Waals surface area contributed by atoms with Gasteiger partial charge in [0.25, 0.3) is 0 Å². The average Bonchev–Trinajstić information content (AvgIpc) is 2.71. The summed E-state index contributed by atoms with van der Waals surface area (Å²) in [5.74, 6) is 0.615. The summed E-state index contributed by atoms with van der Waals surface area (Å²) in [5, 5.41) is 0. The Morgan fingerprint density at radius 1 is 0.316 bits per heavy atom. The van der Waals surface area contributed by atoms with Gasteiger partial charge in [-0.15, -0.1) is 0 Å². The predicted octanol–water partition coefficient (Wildman–Crippen LogP) is 13.3. The van der Waals surface area contributed by atoms with Crippen molar-refractivity contribution in [2.75, 3.05) is 0 Å². The molecule has 0 radical (unpaired) electrons. The number of hydrogen-bond donors (Lipinski definition) is 0. The maximum Gasteiger partial charge on any atom is -0.0241 e. The summed E-state index contributed by atoms with van der Waals surface area (Å²) < 4.78 is 0. The highest BCUT2D eigenvalue weighted by Gasteiger charge is 2.68. The Kier molecular flexibility index (Phi) is 9.79. The molecular formula is C38H78. The highest BCUT2D eigenvalue weighted by atomic mass is 14.7. The first-order chi connectivity index (χ1) is 16.0. The van der Waals surface area contributed by atoms with Crippen LogP contribution in [0.25, 0.3) is 0 Å². The molecule has 0 saturated heterocycles. The quantitative estimate of drug-likeness (QED) is 0.233. The lowest BCUT2D eigenvalue weighted by Gasteiger charge is -2.72. The van der Waals surface area contributed by atoms with Crippen molar-refractivity contribution in [1.29, 1.82) is 0 Å². The summed E-state index contributed by atoms with van der Waals surface area (Å²) in [6.07, 6.45) is 1.19. The van der Waals surface area contributed by atoms with Crippen molar-refractivity contribution >= 4 is 0 Å². The van der Waals surface area contributed by atoms with Crippen LogP contribution < -0.4 is 0 Å². The van der Waals surface area contributed by atoms with Crippen LogP contribution in [-0.2, 0) is 0 Å². The molecule has 0 unspecified atom stereocenters. The SMILES string of the molecule is CCC(C)(C)C(C)(C)C(C)(C)C(C)(C)C(C)(C)C(C)(C)C(C)(C)C(C)(C)C(C)(C)C(C)(C)C(C)(C)C(C)C. The van der Waals surface area contributed by atoms with Gasteiger partial charge in [0.15, 0.2) is 0 Å². The van der Waals surface area contributed by atoms with E-state index in [2.05, 4.69) is 173 Å². The summed E-state index contributed by atoms with van der Waals surface area (Å²) in [7, 11) is 0. The first-order valence-corrected chi connectivity index (χ1v) is 16.0. The van der Waals surface area contributed by atoms with E-state index in [1.54, 1.807) is 0 Å². The summed E-state index contributed by atoms with van der Waals surface area (Å²) in [5.41, 5.74) is 1.24. The second-order valence-corrected chi connectivity index (χ2v) is 19.7. The normalized spacial score (nSPS) is 16.9. The molecule has 0 heterocycles.